The number of hydrogen-bond acceptors (Lipinski definition) is 34. The molecule has 0 spiro atoms. The van der Waals surface area contributed by atoms with E-state index in [2.05, 4.69) is 50.2 Å². The minimum Gasteiger partial charge on any atom is -0.454 e. The second kappa shape index (κ2) is 26.5. The number of aryl methyl sites for hydroxylation is 1. The molecule has 526 valence electrons. The number of carbonyl (C=O) groups excluding carboxylic acids is 1. The number of phosphoric ester groups is 3. The maximum absolute atomic E-state index is 14.2. The standard InChI is InChI=1S/C52H56N17O27P3/c1-21-12-67(51(74)65-46(21)71)37-6-23(70)31(89-37)14-85-97(76,77)95-28-8-38(66-3-2-35(53)61-50(66)73)91-33(28)15-86-99(80,81)96-29-10-40(69-19-60-42-45(69)63-49(55)64-47(42)72)92-34(29)16-87-98(78,79)94-27-9-39(68-18-59-41-43(54)57-17-58-44(41)68)90-32(27)13-82-52(75)62-36-11-56-48(93-36)30-5-22-4-25-26(84-20-83-25)7-24(22)88-30/h2-5,7,11-12,17-19,23,27-29,31-34,37-40,70H,6,8-10,13-16,20H2,1H3,(H,62,75)(H,76,77)(H,78,79)(H,80,81)(H2,53,61,73)(H2,54,57,58)(H,65,71,74)(H3,55,63,64,72)/t23-,27-,28-,29-,31+,32+,33+,34+,37+,38+,39+,40+/m0/s1. The largest absolute Gasteiger partial charge is 0.472 e. The van der Waals surface area contributed by atoms with Gasteiger partial charge in [0.15, 0.2) is 39.9 Å². The number of rotatable bonds is 23. The summed E-state index contributed by atoms with van der Waals surface area (Å²) in [6.45, 7) is -1.95. The number of carbonyl (C=O) groups is 1. The lowest BCUT2D eigenvalue weighted by Gasteiger charge is -2.25. The SMILES string of the molecule is Cc1cn([C@H]2C[C@H](O)[C@@H](COP(=O)(O)O[C@H]3C[C@H](n4ccc(N)nc4=O)O[C@@H]3COP(=O)(O)O[C@H]3C[C@H](n4cnc5c(=O)[nH]c(N)nc54)O[C@@H]3COP(=O)(O)O[C@H]3C[C@H](n4cnc5c(N)ncnc54)O[C@@H]3COC(=O)Nc3cnc(-c4cc5cc6c(cc5o4)OCO6)o3)O2)c(=O)[nH]c1=O. The Morgan fingerprint density at radius 2 is 1.25 bits per heavy atom. The highest BCUT2D eigenvalue weighted by Crippen LogP contribution is 2.54. The van der Waals surface area contributed by atoms with E-state index < -0.39 is 165 Å². The van der Waals surface area contributed by atoms with E-state index in [1.54, 1.807) is 18.2 Å². The molecule has 47 heteroatoms. The molecule has 0 aliphatic carbocycles. The number of phosphoric acid groups is 3. The molecule has 13 heterocycles. The molecule has 0 bridgehead atoms. The normalized spacial score (nSPS) is 26.3. The first-order valence-electron chi connectivity index (χ1n) is 29.6. The average Bonchev–Trinajstić information content (AvgIpc) is 1.66. The molecule has 5 aliphatic rings. The number of imidazole rings is 2. The maximum Gasteiger partial charge on any atom is 0.472 e. The van der Waals surface area contributed by atoms with Crippen molar-refractivity contribution in [3.63, 3.8) is 0 Å². The van der Waals surface area contributed by atoms with Gasteiger partial charge in [0, 0.05) is 55.1 Å². The van der Waals surface area contributed by atoms with E-state index >= 15 is 0 Å². The molecule has 9 aromatic rings. The third-order valence-electron chi connectivity index (χ3n) is 16.2. The minimum atomic E-state index is -5.47. The van der Waals surface area contributed by atoms with Crippen LogP contribution in [0.25, 0.3) is 44.9 Å². The van der Waals surface area contributed by atoms with Crippen molar-refractivity contribution in [2.24, 2.45) is 0 Å². The summed E-state index contributed by atoms with van der Waals surface area (Å²) in [6.07, 6.45) is -12.2. The zero-order valence-electron chi connectivity index (χ0n) is 50.7. The van der Waals surface area contributed by atoms with Crippen LogP contribution in [0, 0.1) is 6.92 Å². The number of nitrogen functional groups attached to an aromatic ring is 3. The molecule has 1 aromatic carbocycles. The van der Waals surface area contributed by atoms with Gasteiger partial charge in [0.2, 0.25) is 18.6 Å². The van der Waals surface area contributed by atoms with Gasteiger partial charge < -0.3 is 79.0 Å². The van der Waals surface area contributed by atoms with Gasteiger partial charge in [-0.25, -0.2) is 53.0 Å². The summed E-state index contributed by atoms with van der Waals surface area (Å²) in [5, 5.41) is 13.9. The number of nitrogens with two attached hydrogens (primary N) is 3. The van der Waals surface area contributed by atoms with E-state index in [4.69, 9.17) is 86.3 Å². The first kappa shape index (κ1) is 67.0. The van der Waals surface area contributed by atoms with Gasteiger partial charge in [-0.15, -0.1) is 0 Å². The number of H-pyrrole nitrogens is 2. The Kier molecular flexibility index (Phi) is 17.9. The van der Waals surface area contributed by atoms with Gasteiger partial charge in [0.05, 0.1) is 44.8 Å². The third-order valence-corrected chi connectivity index (χ3v) is 19.2. The Labute approximate surface area is 549 Å². The Balaban J connectivity index is 0.660. The zero-order valence-corrected chi connectivity index (χ0v) is 53.4. The summed E-state index contributed by atoms with van der Waals surface area (Å²) in [7, 11) is -16.1. The third kappa shape index (κ3) is 14.2. The number of hydrogen-bond donors (Lipinski definition) is 10. The Hall–Kier alpha value is -9.17. The fourth-order valence-corrected chi connectivity index (χ4v) is 14.4. The lowest BCUT2D eigenvalue weighted by Crippen LogP contribution is -2.33. The molecule has 14 rings (SSSR count). The predicted molar refractivity (Wildman–Crippen MR) is 326 cm³/mol. The fourth-order valence-electron chi connectivity index (χ4n) is 11.5. The number of fused-ring (bicyclic) bond motifs is 4. The van der Waals surface area contributed by atoms with Gasteiger partial charge in [-0.1, -0.05) is 0 Å². The number of oxazole rings is 1. The van der Waals surface area contributed by atoms with Crippen LogP contribution in [-0.4, -0.2) is 171 Å². The molecule has 4 fully saturated rings. The molecule has 15 atom stereocenters. The summed E-state index contributed by atoms with van der Waals surface area (Å²) in [6, 6.07) is 6.23. The van der Waals surface area contributed by atoms with E-state index in [0.717, 1.165) is 15.5 Å². The molecule has 1 amide bonds. The minimum absolute atomic E-state index is 0.0156. The van der Waals surface area contributed by atoms with Crippen LogP contribution in [0.4, 0.5) is 28.3 Å². The second-order valence-electron chi connectivity index (χ2n) is 22.7. The van der Waals surface area contributed by atoms with Crippen molar-refractivity contribution >= 4 is 86.3 Å². The van der Waals surface area contributed by atoms with Crippen LogP contribution >= 0.6 is 23.5 Å². The molecule has 5 aliphatic heterocycles. The quantitative estimate of drug-likeness (QED) is 0.0402. The fraction of sp³-hybridized carbons (Fsp3) is 0.423. The molecular weight excluding hydrogens is 1390 g/mol. The summed E-state index contributed by atoms with van der Waals surface area (Å²) >= 11 is 0. The number of aromatic nitrogens is 13. The van der Waals surface area contributed by atoms with Gasteiger partial charge in [0.25, 0.3) is 17.0 Å². The van der Waals surface area contributed by atoms with E-state index in [0.29, 0.717) is 22.5 Å². The monoisotopic (exact) mass is 1440 g/mol. The molecule has 8 aromatic heterocycles. The number of aliphatic hydroxyl groups excluding tert-OH is 1. The number of nitrogens with one attached hydrogen (secondary N) is 3. The average molecular weight is 1440 g/mol. The van der Waals surface area contributed by atoms with Crippen LogP contribution in [0.5, 0.6) is 11.5 Å². The highest BCUT2D eigenvalue weighted by Gasteiger charge is 2.49. The molecule has 13 N–H and O–H groups in total. The Morgan fingerprint density at radius 1 is 0.667 bits per heavy atom. The smallest absolute Gasteiger partial charge is 0.454 e. The van der Waals surface area contributed by atoms with Crippen LogP contribution < -0.4 is 54.5 Å². The van der Waals surface area contributed by atoms with Crippen molar-refractivity contribution < 1.29 is 107 Å². The zero-order chi connectivity index (χ0) is 69.4. The molecule has 44 nitrogen and oxygen atoms in total. The van der Waals surface area contributed by atoms with Crippen molar-refractivity contribution in [3.05, 3.63) is 109 Å². The van der Waals surface area contributed by atoms with E-state index in [-0.39, 0.29) is 82.6 Å². The highest BCUT2D eigenvalue weighted by molar-refractivity contribution is 7.48. The molecular formula is C52H56N17O27P3. The molecule has 99 heavy (non-hydrogen) atoms. The van der Waals surface area contributed by atoms with Crippen LogP contribution in [0.1, 0.15) is 56.2 Å². The van der Waals surface area contributed by atoms with Crippen molar-refractivity contribution in [2.75, 3.05) is 55.7 Å². The Bertz CT molecular complexity index is 4960. The van der Waals surface area contributed by atoms with E-state index in [9.17, 15) is 57.5 Å². The van der Waals surface area contributed by atoms with Crippen molar-refractivity contribution in [1.82, 2.24) is 63.1 Å². The summed E-state index contributed by atoms with van der Waals surface area (Å²) < 4.78 is 132. The maximum atomic E-state index is 14.2. The number of furan rings is 1. The van der Waals surface area contributed by atoms with Crippen LogP contribution in [0.3, 0.4) is 0 Å². The molecule has 3 unspecified atom stereocenters. The van der Waals surface area contributed by atoms with Crippen LogP contribution in [-0.2, 0) is 64.5 Å². The number of aliphatic hydroxyl groups is 1. The molecule has 4 saturated heterocycles. The first-order chi connectivity index (χ1) is 47.2. The number of aromatic amines is 2. The van der Waals surface area contributed by atoms with Crippen molar-refractivity contribution in [2.45, 2.75) is 106 Å². The van der Waals surface area contributed by atoms with Gasteiger partial charge in [-0.2, -0.15) is 9.97 Å². The van der Waals surface area contributed by atoms with Gasteiger partial charge >= 0.3 is 40.9 Å². The Morgan fingerprint density at radius 3 is 1.91 bits per heavy atom. The highest BCUT2D eigenvalue weighted by atomic mass is 31.2. The second-order valence-corrected chi connectivity index (χ2v) is 27.0. The van der Waals surface area contributed by atoms with Crippen molar-refractivity contribution in [1.29, 1.82) is 0 Å². The van der Waals surface area contributed by atoms with Gasteiger partial charge in [-0.3, -0.25) is 70.3 Å². The first-order valence-corrected chi connectivity index (χ1v) is 34.1. The summed E-state index contributed by atoms with van der Waals surface area (Å²) in [5.74, 6) is 0.530. The van der Waals surface area contributed by atoms with Gasteiger partial charge in [-0.05, 0) is 25.1 Å². The lowest BCUT2D eigenvalue weighted by molar-refractivity contribution is -0.0633. The molecule has 0 radical (unpaired) electrons. The van der Waals surface area contributed by atoms with Crippen molar-refractivity contribution in [3.8, 4) is 23.1 Å². The number of anilines is 4. The van der Waals surface area contributed by atoms with Crippen LogP contribution in [0.2, 0.25) is 0 Å². The lowest BCUT2D eigenvalue weighted by atomic mass is 10.2. The number of benzene rings is 1. The molecule has 0 saturated carbocycles. The van der Waals surface area contributed by atoms with E-state index in [1.165, 1.54) is 53.4 Å². The summed E-state index contributed by atoms with van der Waals surface area (Å²) in [5.41, 5.74) is 15.1. The number of ether oxygens (including phenoxy) is 7. The van der Waals surface area contributed by atoms with Gasteiger partial charge in [0.1, 0.15) is 97.5 Å². The summed E-state index contributed by atoms with van der Waals surface area (Å²) in [4.78, 5) is 131. The van der Waals surface area contributed by atoms with Crippen LogP contribution in [0.15, 0.2) is 89.9 Å². The topological polar surface area (TPSA) is 595 Å². The number of nitrogens with zero attached hydrogens (tertiary/aromatic N) is 11. The predicted octanol–water partition coefficient (Wildman–Crippen LogP) is 1.22. The van der Waals surface area contributed by atoms with E-state index in [1.807, 2.05) is 0 Å². The number of amides is 1.